The second kappa shape index (κ2) is 5.20. The third kappa shape index (κ3) is 4.29. The van der Waals surface area contributed by atoms with Crippen LogP contribution < -0.4 is 5.73 Å². The second-order valence-electron chi connectivity index (χ2n) is 2.01. The van der Waals surface area contributed by atoms with Gasteiger partial charge in [-0.15, -0.1) is 0 Å². The molecule has 1 unspecified atom stereocenters. The number of aliphatic hydroxyl groups excluding tert-OH is 1. The Morgan fingerprint density at radius 1 is 1.80 bits per heavy atom. The van der Waals surface area contributed by atoms with Gasteiger partial charge in [0.25, 0.3) is 0 Å². The van der Waals surface area contributed by atoms with Crippen molar-refractivity contribution < 1.29 is 14.6 Å². The summed E-state index contributed by atoms with van der Waals surface area (Å²) in [5.41, 5.74) is 5.13. The molecule has 0 aromatic rings. The van der Waals surface area contributed by atoms with Crippen LogP contribution in [0.4, 0.5) is 0 Å². The van der Waals surface area contributed by atoms with Crippen LogP contribution in [0.5, 0.6) is 0 Å². The maximum Gasteiger partial charge on any atom is 0.308 e. The van der Waals surface area contributed by atoms with Crippen LogP contribution in [0.3, 0.4) is 0 Å². The summed E-state index contributed by atoms with van der Waals surface area (Å²) in [6.07, 6.45) is -0.180. The highest BCUT2D eigenvalue weighted by atomic mass is 16.5. The van der Waals surface area contributed by atoms with Gasteiger partial charge < -0.3 is 15.6 Å². The SMILES string of the molecule is COC(=O)CC(O)CCN. The molecule has 10 heavy (non-hydrogen) atoms. The van der Waals surface area contributed by atoms with E-state index in [1.54, 1.807) is 0 Å². The van der Waals surface area contributed by atoms with Crippen molar-refractivity contribution in [1.29, 1.82) is 0 Å². The monoisotopic (exact) mass is 147 g/mol. The molecule has 4 nitrogen and oxygen atoms in total. The zero-order chi connectivity index (χ0) is 7.98. The first-order valence-corrected chi connectivity index (χ1v) is 3.15. The van der Waals surface area contributed by atoms with Crippen LogP contribution in [0.1, 0.15) is 12.8 Å². The number of rotatable bonds is 4. The number of hydrogen-bond acceptors (Lipinski definition) is 4. The van der Waals surface area contributed by atoms with E-state index in [0.29, 0.717) is 13.0 Å². The van der Waals surface area contributed by atoms with Gasteiger partial charge in [0.05, 0.1) is 19.6 Å². The van der Waals surface area contributed by atoms with Crippen LogP contribution in [-0.4, -0.2) is 30.8 Å². The van der Waals surface area contributed by atoms with Crippen molar-refractivity contribution in [2.45, 2.75) is 18.9 Å². The van der Waals surface area contributed by atoms with Gasteiger partial charge in [-0.25, -0.2) is 0 Å². The van der Waals surface area contributed by atoms with Gasteiger partial charge in [-0.3, -0.25) is 4.79 Å². The number of aliphatic hydroxyl groups is 1. The first-order valence-electron chi connectivity index (χ1n) is 3.15. The molecular formula is C6H13NO3. The third-order valence-electron chi connectivity index (χ3n) is 1.13. The predicted octanol–water partition coefficient (Wildman–Crippen LogP) is -0.741. The Morgan fingerprint density at radius 3 is 2.80 bits per heavy atom. The molecule has 3 N–H and O–H groups in total. The molecule has 0 aliphatic carbocycles. The highest BCUT2D eigenvalue weighted by molar-refractivity contribution is 5.69. The molecule has 0 aliphatic heterocycles. The Kier molecular flexibility index (Phi) is 4.88. The zero-order valence-electron chi connectivity index (χ0n) is 6.04. The zero-order valence-corrected chi connectivity index (χ0v) is 6.04. The fourth-order valence-corrected chi connectivity index (χ4v) is 0.570. The maximum atomic E-state index is 10.5. The number of esters is 1. The summed E-state index contributed by atoms with van der Waals surface area (Å²) < 4.78 is 4.33. The van der Waals surface area contributed by atoms with Crippen molar-refractivity contribution in [2.75, 3.05) is 13.7 Å². The Hall–Kier alpha value is -0.610. The number of ether oxygens (including phenoxy) is 1. The molecule has 0 radical (unpaired) electrons. The van der Waals surface area contributed by atoms with Crippen LogP contribution in [0.15, 0.2) is 0 Å². The van der Waals surface area contributed by atoms with Crippen LogP contribution in [0, 0.1) is 0 Å². The van der Waals surface area contributed by atoms with Gasteiger partial charge in [-0.05, 0) is 13.0 Å². The lowest BCUT2D eigenvalue weighted by Crippen LogP contribution is -2.18. The molecule has 60 valence electrons. The molecule has 0 amide bonds. The summed E-state index contributed by atoms with van der Waals surface area (Å²) in [5, 5.41) is 8.97. The second-order valence-corrected chi connectivity index (χ2v) is 2.01. The Morgan fingerprint density at radius 2 is 2.40 bits per heavy atom. The Balaban J connectivity index is 3.37. The van der Waals surface area contributed by atoms with Crippen molar-refractivity contribution in [1.82, 2.24) is 0 Å². The van der Waals surface area contributed by atoms with Gasteiger partial charge in [0.1, 0.15) is 0 Å². The fourth-order valence-electron chi connectivity index (χ4n) is 0.570. The maximum absolute atomic E-state index is 10.5. The van der Waals surface area contributed by atoms with E-state index in [4.69, 9.17) is 10.8 Å². The largest absolute Gasteiger partial charge is 0.469 e. The van der Waals surface area contributed by atoms with Gasteiger partial charge >= 0.3 is 5.97 Å². The van der Waals surface area contributed by atoms with Gasteiger partial charge in [0.15, 0.2) is 0 Å². The van der Waals surface area contributed by atoms with E-state index < -0.39 is 12.1 Å². The van der Waals surface area contributed by atoms with Crippen molar-refractivity contribution in [3.05, 3.63) is 0 Å². The average Bonchev–Trinajstić information content (AvgIpc) is 1.88. The van der Waals surface area contributed by atoms with E-state index in [9.17, 15) is 4.79 Å². The van der Waals surface area contributed by atoms with Crippen LogP contribution >= 0.6 is 0 Å². The predicted molar refractivity (Wildman–Crippen MR) is 36.3 cm³/mol. The number of carbonyl (C=O) groups is 1. The van der Waals surface area contributed by atoms with E-state index in [1.807, 2.05) is 0 Å². The number of hydrogen-bond donors (Lipinski definition) is 2. The molecule has 0 aliphatic rings. The molecule has 4 heteroatoms. The molecule has 0 heterocycles. The quantitative estimate of drug-likeness (QED) is 0.514. The number of methoxy groups -OCH3 is 1. The molecule has 0 saturated heterocycles. The summed E-state index contributed by atoms with van der Waals surface area (Å²) in [4.78, 5) is 10.5. The number of nitrogens with two attached hydrogens (primary N) is 1. The average molecular weight is 147 g/mol. The first kappa shape index (κ1) is 9.39. The molecular weight excluding hydrogens is 134 g/mol. The molecule has 0 aromatic heterocycles. The van der Waals surface area contributed by atoms with Crippen LogP contribution in [-0.2, 0) is 9.53 Å². The first-order chi connectivity index (χ1) is 4.70. The molecule has 0 spiro atoms. The van der Waals surface area contributed by atoms with Crippen molar-refractivity contribution in [2.24, 2.45) is 5.73 Å². The van der Waals surface area contributed by atoms with E-state index in [1.165, 1.54) is 7.11 Å². The fraction of sp³-hybridized carbons (Fsp3) is 0.833. The highest BCUT2D eigenvalue weighted by Crippen LogP contribution is 1.96. The molecule has 0 rings (SSSR count). The summed E-state index contributed by atoms with van der Waals surface area (Å²) in [7, 11) is 1.29. The molecule has 0 fully saturated rings. The third-order valence-corrected chi connectivity index (χ3v) is 1.13. The van der Waals surface area contributed by atoms with Gasteiger partial charge in [-0.2, -0.15) is 0 Å². The molecule has 0 saturated carbocycles. The van der Waals surface area contributed by atoms with Crippen LogP contribution in [0.2, 0.25) is 0 Å². The van der Waals surface area contributed by atoms with Gasteiger partial charge in [-0.1, -0.05) is 0 Å². The normalized spacial score (nSPS) is 12.7. The minimum Gasteiger partial charge on any atom is -0.469 e. The lowest BCUT2D eigenvalue weighted by atomic mass is 10.2. The van der Waals surface area contributed by atoms with Gasteiger partial charge in [0, 0.05) is 0 Å². The molecule has 0 bridgehead atoms. The standard InChI is InChI=1S/C6H13NO3/c1-10-6(9)4-5(8)2-3-7/h5,8H,2-4,7H2,1H3. The Labute approximate surface area is 60.0 Å². The lowest BCUT2D eigenvalue weighted by Gasteiger charge is -2.05. The van der Waals surface area contributed by atoms with E-state index in [2.05, 4.69) is 4.74 Å². The minimum absolute atomic E-state index is 0.0354. The van der Waals surface area contributed by atoms with Gasteiger partial charge in [0.2, 0.25) is 0 Å². The summed E-state index contributed by atoms with van der Waals surface area (Å²) in [6, 6.07) is 0. The summed E-state index contributed by atoms with van der Waals surface area (Å²) >= 11 is 0. The lowest BCUT2D eigenvalue weighted by molar-refractivity contribution is -0.142. The van der Waals surface area contributed by atoms with Crippen LogP contribution in [0.25, 0.3) is 0 Å². The van der Waals surface area contributed by atoms with Crippen molar-refractivity contribution in [3.8, 4) is 0 Å². The van der Waals surface area contributed by atoms with E-state index in [-0.39, 0.29) is 6.42 Å². The molecule has 1 atom stereocenters. The summed E-state index contributed by atoms with van der Waals surface area (Å²) in [6.45, 7) is 0.387. The van der Waals surface area contributed by atoms with Crippen molar-refractivity contribution in [3.63, 3.8) is 0 Å². The summed E-state index contributed by atoms with van der Waals surface area (Å²) in [5.74, 6) is -0.402. The number of carbonyl (C=O) groups excluding carboxylic acids is 1. The van der Waals surface area contributed by atoms with E-state index in [0.717, 1.165) is 0 Å². The Bertz CT molecular complexity index is 105. The van der Waals surface area contributed by atoms with E-state index >= 15 is 0 Å². The topological polar surface area (TPSA) is 72.5 Å². The highest BCUT2D eigenvalue weighted by Gasteiger charge is 2.08. The molecule has 0 aromatic carbocycles. The smallest absolute Gasteiger partial charge is 0.308 e. The van der Waals surface area contributed by atoms with Crippen molar-refractivity contribution >= 4 is 5.97 Å². The minimum atomic E-state index is -0.655.